The highest BCUT2D eigenvalue weighted by atomic mass is 35.5. The summed E-state index contributed by atoms with van der Waals surface area (Å²) in [5.74, 6) is 0.140. The Kier molecular flexibility index (Phi) is 9.14. The third-order valence-corrected chi connectivity index (χ3v) is 4.83. The predicted molar refractivity (Wildman–Crippen MR) is 125 cm³/mol. The summed E-state index contributed by atoms with van der Waals surface area (Å²) in [4.78, 5) is 15.2. The van der Waals surface area contributed by atoms with E-state index in [9.17, 15) is 4.79 Å². The molecule has 0 aliphatic rings. The first-order valence-corrected chi connectivity index (χ1v) is 9.78. The molecule has 0 unspecified atom stereocenters. The van der Waals surface area contributed by atoms with Crippen LogP contribution in [-0.4, -0.2) is 24.3 Å². The monoisotopic (exact) mass is 425 g/mol. The molecule has 0 amide bonds. The molecule has 4 heteroatoms. The molecule has 0 atom stereocenters. The summed E-state index contributed by atoms with van der Waals surface area (Å²) in [7, 11) is 2.05. The van der Waals surface area contributed by atoms with Crippen molar-refractivity contribution in [3.05, 3.63) is 107 Å². The van der Waals surface area contributed by atoms with Crippen LogP contribution in [0.1, 0.15) is 23.1 Å². The first-order chi connectivity index (χ1) is 13.6. The van der Waals surface area contributed by atoms with Crippen molar-refractivity contribution in [1.29, 1.82) is 0 Å². The van der Waals surface area contributed by atoms with Gasteiger partial charge in [-0.25, -0.2) is 0 Å². The number of carbonyl (C=O) groups is 1. The summed E-state index contributed by atoms with van der Waals surface area (Å²) in [5.41, 5.74) is 3.89. The number of ketones is 1. The van der Waals surface area contributed by atoms with Gasteiger partial charge in [-0.1, -0.05) is 84.4 Å². The van der Waals surface area contributed by atoms with E-state index in [1.165, 1.54) is 5.56 Å². The van der Waals surface area contributed by atoms with Crippen LogP contribution >= 0.6 is 24.0 Å². The summed E-state index contributed by atoms with van der Waals surface area (Å²) >= 11 is 5.99. The second-order valence-electron chi connectivity index (χ2n) is 6.87. The number of nitrogens with zero attached hydrogens (tertiary/aromatic N) is 1. The largest absolute Gasteiger partial charge is 0.302 e. The first-order valence-electron chi connectivity index (χ1n) is 9.40. The molecule has 3 aromatic rings. The molecule has 0 spiro atoms. The Hall–Kier alpha value is -2.39. The maximum absolute atomic E-state index is 13.1. The summed E-state index contributed by atoms with van der Waals surface area (Å²) in [6.07, 6.45) is 2.42. The smallest absolute Gasteiger partial charge is 0.164 e. The van der Waals surface area contributed by atoms with Gasteiger partial charge < -0.3 is 4.90 Å². The summed E-state index contributed by atoms with van der Waals surface area (Å²) < 4.78 is 0. The van der Waals surface area contributed by atoms with Gasteiger partial charge in [0.25, 0.3) is 0 Å². The van der Waals surface area contributed by atoms with Crippen LogP contribution in [0.2, 0.25) is 5.02 Å². The van der Waals surface area contributed by atoms with Crippen LogP contribution in [0.4, 0.5) is 0 Å². The molecule has 0 saturated heterocycles. The fourth-order valence-corrected chi connectivity index (χ4v) is 3.20. The Balaban J connectivity index is 0.00000300. The highest BCUT2D eigenvalue weighted by Crippen LogP contribution is 2.22. The van der Waals surface area contributed by atoms with E-state index in [0.717, 1.165) is 23.2 Å². The van der Waals surface area contributed by atoms with E-state index in [2.05, 4.69) is 17.0 Å². The molecule has 0 aromatic heterocycles. The minimum absolute atomic E-state index is 0. The van der Waals surface area contributed by atoms with Gasteiger partial charge in [-0.15, -0.1) is 12.4 Å². The highest BCUT2D eigenvalue weighted by Gasteiger charge is 2.13. The summed E-state index contributed by atoms with van der Waals surface area (Å²) in [6.45, 7) is 1.54. The van der Waals surface area contributed by atoms with Gasteiger partial charge >= 0.3 is 0 Å². The Morgan fingerprint density at radius 3 is 2.10 bits per heavy atom. The molecule has 0 radical (unpaired) electrons. The number of halogens is 2. The normalized spacial score (nSPS) is 11.2. The standard InChI is InChI=1S/C25H24ClNO.ClH/c1-27(19-21-8-4-2-5-9-21)17-16-25(28)24(22-10-6-3-7-11-22)18-20-12-14-23(26)15-13-20;/h2-15,18H,16-17,19H2,1H3;1H/b24-18-;. The molecule has 0 heterocycles. The quantitative estimate of drug-likeness (QED) is 0.307. The van der Waals surface area contributed by atoms with Gasteiger partial charge in [0.2, 0.25) is 0 Å². The van der Waals surface area contributed by atoms with E-state index in [-0.39, 0.29) is 18.2 Å². The summed E-state index contributed by atoms with van der Waals surface area (Å²) in [5, 5.41) is 0.687. The molecular weight excluding hydrogens is 401 g/mol. The molecule has 0 aliphatic carbocycles. The highest BCUT2D eigenvalue weighted by molar-refractivity contribution is 6.30. The minimum atomic E-state index is 0. The van der Waals surface area contributed by atoms with E-state index in [1.807, 2.05) is 85.9 Å². The van der Waals surface area contributed by atoms with Crippen LogP contribution in [0.25, 0.3) is 11.6 Å². The van der Waals surface area contributed by atoms with Gasteiger partial charge in [0.1, 0.15) is 0 Å². The number of carbonyl (C=O) groups excluding carboxylic acids is 1. The van der Waals surface area contributed by atoms with Crippen LogP contribution < -0.4 is 0 Å². The molecule has 3 aromatic carbocycles. The van der Waals surface area contributed by atoms with Crippen molar-refractivity contribution in [2.75, 3.05) is 13.6 Å². The lowest BCUT2D eigenvalue weighted by Gasteiger charge is -2.17. The number of benzene rings is 3. The van der Waals surface area contributed by atoms with Crippen LogP contribution in [0.3, 0.4) is 0 Å². The van der Waals surface area contributed by atoms with Crippen molar-refractivity contribution in [3.63, 3.8) is 0 Å². The molecule has 29 heavy (non-hydrogen) atoms. The lowest BCUT2D eigenvalue weighted by Crippen LogP contribution is -2.21. The fourth-order valence-electron chi connectivity index (χ4n) is 3.07. The van der Waals surface area contributed by atoms with Crippen molar-refractivity contribution < 1.29 is 4.79 Å². The lowest BCUT2D eigenvalue weighted by atomic mass is 9.97. The van der Waals surface area contributed by atoms with Crippen LogP contribution in [0.5, 0.6) is 0 Å². The zero-order valence-corrected chi connectivity index (χ0v) is 18.0. The van der Waals surface area contributed by atoms with E-state index >= 15 is 0 Å². The molecule has 150 valence electrons. The maximum atomic E-state index is 13.1. The van der Waals surface area contributed by atoms with E-state index < -0.39 is 0 Å². The molecule has 2 nitrogen and oxygen atoms in total. The maximum Gasteiger partial charge on any atom is 0.164 e. The molecule has 0 aliphatic heterocycles. The van der Waals surface area contributed by atoms with Crippen LogP contribution in [0.15, 0.2) is 84.9 Å². The number of allylic oxidation sites excluding steroid dienone is 1. The van der Waals surface area contributed by atoms with Crippen LogP contribution in [-0.2, 0) is 11.3 Å². The Labute approximate surface area is 184 Å². The second kappa shape index (κ2) is 11.6. The number of hydrogen-bond acceptors (Lipinski definition) is 2. The molecule has 0 bridgehead atoms. The molecule has 0 N–H and O–H groups in total. The van der Waals surface area contributed by atoms with Gasteiger partial charge in [-0.3, -0.25) is 4.79 Å². The van der Waals surface area contributed by atoms with Gasteiger partial charge in [0, 0.05) is 30.1 Å². The van der Waals surface area contributed by atoms with Crippen molar-refractivity contribution in [3.8, 4) is 0 Å². The fraction of sp³-hybridized carbons (Fsp3) is 0.160. The van der Waals surface area contributed by atoms with Crippen molar-refractivity contribution in [2.24, 2.45) is 0 Å². The summed E-state index contributed by atoms with van der Waals surface area (Å²) in [6, 6.07) is 27.7. The predicted octanol–water partition coefficient (Wildman–Crippen LogP) is 6.39. The number of Topliss-reactive ketones (excluding diaryl/α,β-unsaturated/α-hetero) is 1. The lowest BCUT2D eigenvalue weighted by molar-refractivity contribution is -0.114. The zero-order valence-electron chi connectivity index (χ0n) is 16.4. The number of rotatable bonds is 8. The topological polar surface area (TPSA) is 20.3 Å². The van der Waals surface area contributed by atoms with Gasteiger partial charge in [-0.2, -0.15) is 0 Å². The third kappa shape index (κ3) is 7.17. The van der Waals surface area contributed by atoms with Crippen molar-refractivity contribution >= 4 is 41.4 Å². The Bertz CT molecular complexity index is 922. The Morgan fingerprint density at radius 1 is 0.897 bits per heavy atom. The van der Waals surface area contributed by atoms with Crippen molar-refractivity contribution in [2.45, 2.75) is 13.0 Å². The van der Waals surface area contributed by atoms with E-state index in [4.69, 9.17) is 11.6 Å². The molecule has 0 fully saturated rings. The SMILES string of the molecule is CN(CCC(=O)/C(=C\c1ccc(Cl)cc1)c1ccccc1)Cc1ccccc1.Cl. The molecule has 3 rings (SSSR count). The third-order valence-electron chi connectivity index (χ3n) is 4.58. The second-order valence-corrected chi connectivity index (χ2v) is 7.31. The Morgan fingerprint density at radius 2 is 1.48 bits per heavy atom. The average Bonchev–Trinajstić information content (AvgIpc) is 2.73. The van der Waals surface area contributed by atoms with Gasteiger partial charge in [0.15, 0.2) is 5.78 Å². The van der Waals surface area contributed by atoms with Gasteiger partial charge in [-0.05, 0) is 41.9 Å². The molecular formula is C25H25Cl2NO. The van der Waals surface area contributed by atoms with Crippen LogP contribution in [0, 0.1) is 0 Å². The van der Waals surface area contributed by atoms with E-state index in [1.54, 1.807) is 0 Å². The van der Waals surface area contributed by atoms with Gasteiger partial charge in [0.05, 0.1) is 0 Å². The minimum Gasteiger partial charge on any atom is -0.302 e. The number of hydrogen-bond donors (Lipinski definition) is 0. The van der Waals surface area contributed by atoms with Crippen molar-refractivity contribution in [1.82, 2.24) is 4.90 Å². The molecule has 0 saturated carbocycles. The van der Waals surface area contributed by atoms with E-state index in [0.29, 0.717) is 18.0 Å². The first kappa shape index (κ1) is 22.9. The zero-order chi connectivity index (χ0) is 19.8. The average molecular weight is 426 g/mol.